The maximum Gasteiger partial charge on any atom is 0.0543 e. The molecule has 0 saturated heterocycles. The molecule has 1 aliphatic carbocycles. The normalized spacial score (nSPS) is 13.9. The van der Waals surface area contributed by atoms with Crippen LogP contribution in [0, 0.1) is 5.92 Å². The summed E-state index contributed by atoms with van der Waals surface area (Å²) in [5.41, 5.74) is 15.4. The lowest BCUT2D eigenvalue weighted by molar-refractivity contribution is 0.573. The molecular weight excluding hydrogens is 629 g/mol. The van der Waals surface area contributed by atoms with Crippen LogP contribution in [-0.2, 0) is 0 Å². The number of nitrogens with zero attached hydrogens (tertiary/aromatic N) is 2. The highest BCUT2D eigenvalue weighted by Gasteiger charge is 2.34. The third-order valence-corrected chi connectivity index (χ3v) is 11.5. The summed E-state index contributed by atoms with van der Waals surface area (Å²) < 4.78 is 4.90. The molecule has 0 fully saturated rings. The molecule has 1 atom stereocenters. The smallest absolute Gasteiger partial charge is 0.0543 e. The topological polar surface area (TPSA) is 9.86 Å². The molecule has 0 radical (unpaired) electrons. The van der Waals surface area contributed by atoms with Gasteiger partial charge in [-0.25, -0.2) is 0 Å². The van der Waals surface area contributed by atoms with Crippen LogP contribution in [0.4, 0.5) is 0 Å². The van der Waals surface area contributed by atoms with E-state index in [4.69, 9.17) is 0 Å². The summed E-state index contributed by atoms with van der Waals surface area (Å²) in [6.45, 7) is 4.73. The van der Waals surface area contributed by atoms with E-state index >= 15 is 0 Å². The van der Waals surface area contributed by atoms with Gasteiger partial charge in [-0.3, -0.25) is 0 Å². The van der Waals surface area contributed by atoms with E-state index in [1.54, 1.807) is 0 Å². The van der Waals surface area contributed by atoms with Crippen LogP contribution in [0.25, 0.3) is 88.0 Å². The first-order chi connectivity index (χ1) is 25.6. The van der Waals surface area contributed by atoms with E-state index in [1.807, 2.05) is 0 Å². The van der Waals surface area contributed by atoms with Crippen molar-refractivity contribution in [2.45, 2.75) is 19.8 Å². The van der Waals surface area contributed by atoms with Gasteiger partial charge < -0.3 is 9.13 Å². The lowest BCUT2D eigenvalue weighted by atomic mass is 9.86. The van der Waals surface area contributed by atoms with Crippen LogP contribution in [0.2, 0.25) is 0 Å². The van der Waals surface area contributed by atoms with Gasteiger partial charge in [0, 0.05) is 38.7 Å². The van der Waals surface area contributed by atoms with Gasteiger partial charge in [-0.05, 0) is 111 Å². The van der Waals surface area contributed by atoms with E-state index in [-0.39, 0.29) is 0 Å². The molecule has 11 rings (SSSR count). The second-order valence-corrected chi connectivity index (χ2v) is 14.8. The molecule has 246 valence electrons. The number of hydrogen-bond acceptors (Lipinski definition) is 0. The van der Waals surface area contributed by atoms with Gasteiger partial charge in [0.1, 0.15) is 0 Å². The van der Waals surface area contributed by atoms with Crippen LogP contribution in [0.3, 0.4) is 0 Å². The summed E-state index contributed by atoms with van der Waals surface area (Å²) in [5.74, 6) is 0.841. The highest BCUT2D eigenvalue weighted by Crippen LogP contribution is 2.52. The first kappa shape index (κ1) is 29.4. The van der Waals surface area contributed by atoms with E-state index in [9.17, 15) is 0 Å². The van der Waals surface area contributed by atoms with Gasteiger partial charge in [0.25, 0.3) is 0 Å². The van der Waals surface area contributed by atoms with Gasteiger partial charge in [0.05, 0.1) is 27.8 Å². The minimum absolute atomic E-state index is 0.358. The Labute approximate surface area is 302 Å². The Morgan fingerprint density at radius 3 is 1.65 bits per heavy atom. The van der Waals surface area contributed by atoms with Crippen molar-refractivity contribution in [2.75, 3.05) is 0 Å². The number of aromatic nitrogens is 2. The van der Waals surface area contributed by atoms with Crippen LogP contribution in [-0.4, -0.2) is 9.13 Å². The van der Waals surface area contributed by atoms with Crippen molar-refractivity contribution in [2.24, 2.45) is 5.92 Å². The lowest BCUT2D eigenvalue weighted by Gasteiger charge is -2.19. The Hall–Kier alpha value is -6.38. The van der Waals surface area contributed by atoms with Gasteiger partial charge in [-0.1, -0.05) is 117 Å². The van der Waals surface area contributed by atoms with Gasteiger partial charge in [0.15, 0.2) is 0 Å². The van der Waals surface area contributed by atoms with Crippen LogP contribution in [0.15, 0.2) is 170 Å². The third kappa shape index (κ3) is 4.12. The SMILES string of the molecule is CC(C)C1c2cc3ccccc3cc2-c2c1cccc2-n1c2ccccc2c2cc(-c3ccc4c(c3)c3ccccc3n4-c3ccccc3)ccc21. The van der Waals surface area contributed by atoms with Crippen molar-refractivity contribution in [3.63, 3.8) is 0 Å². The molecule has 0 amide bonds. The molecule has 0 aliphatic heterocycles. The van der Waals surface area contributed by atoms with Crippen molar-refractivity contribution in [1.82, 2.24) is 9.13 Å². The summed E-state index contributed by atoms with van der Waals surface area (Å²) in [5, 5.41) is 7.69. The van der Waals surface area contributed by atoms with Gasteiger partial charge in [-0.2, -0.15) is 0 Å². The first-order valence-electron chi connectivity index (χ1n) is 18.4. The van der Waals surface area contributed by atoms with Gasteiger partial charge >= 0.3 is 0 Å². The van der Waals surface area contributed by atoms with E-state index < -0.39 is 0 Å². The number of para-hydroxylation sites is 3. The lowest BCUT2D eigenvalue weighted by Crippen LogP contribution is -2.05. The average molecular weight is 665 g/mol. The van der Waals surface area contributed by atoms with E-state index in [1.165, 1.54) is 99.1 Å². The molecule has 0 N–H and O–H groups in total. The Morgan fingerprint density at radius 1 is 0.423 bits per heavy atom. The van der Waals surface area contributed by atoms with Crippen LogP contribution < -0.4 is 0 Å². The van der Waals surface area contributed by atoms with Crippen LogP contribution in [0.1, 0.15) is 30.9 Å². The number of hydrogen-bond donors (Lipinski definition) is 0. The molecule has 8 aromatic carbocycles. The van der Waals surface area contributed by atoms with Crippen molar-refractivity contribution in [1.29, 1.82) is 0 Å². The fourth-order valence-electron chi connectivity index (χ4n) is 9.33. The zero-order chi connectivity index (χ0) is 34.5. The Kier molecular flexibility index (Phi) is 6.24. The molecule has 0 spiro atoms. The first-order valence-corrected chi connectivity index (χ1v) is 18.4. The zero-order valence-electron chi connectivity index (χ0n) is 29.2. The van der Waals surface area contributed by atoms with E-state index in [0.717, 1.165) is 0 Å². The summed E-state index contributed by atoms with van der Waals surface area (Å²) in [6.07, 6.45) is 0. The number of rotatable bonds is 4. The second-order valence-electron chi connectivity index (χ2n) is 14.8. The molecule has 1 unspecified atom stereocenters. The Bertz CT molecular complexity index is 3050. The number of benzene rings is 8. The van der Waals surface area contributed by atoms with Crippen molar-refractivity contribution in [3.05, 3.63) is 181 Å². The largest absolute Gasteiger partial charge is 0.309 e. The minimum Gasteiger partial charge on any atom is -0.309 e. The molecule has 2 heteroatoms. The van der Waals surface area contributed by atoms with Crippen molar-refractivity contribution >= 4 is 54.4 Å². The highest BCUT2D eigenvalue weighted by molar-refractivity contribution is 6.13. The van der Waals surface area contributed by atoms with Gasteiger partial charge in [-0.15, -0.1) is 0 Å². The maximum absolute atomic E-state index is 2.52. The van der Waals surface area contributed by atoms with E-state index in [2.05, 4.69) is 193 Å². The molecule has 10 aromatic rings. The fraction of sp³-hybridized carbons (Fsp3) is 0.0800. The molecule has 2 heterocycles. The quantitative estimate of drug-likeness (QED) is 0.177. The Balaban J connectivity index is 1.13. The highest BCUT2D eigenvalue weighted by atomic mass is 15.0. The second kappa shape index (κ2) is 11.1. The van der Waals surface area contributed by atoms with Crippen molar-refractivity contribution < 1.29 is 0 Å². The summed E-state index contributed by atoms with van der Waals surface area (Å²) in [6, 6.07) is 63.1. The fourth-order valence-corrected chi connectivity index (χ4v) is 9.33. The average Bonchev–Trinajstić information content (AvgIpc) is 3.82. The summed E-state index contributed by atoms with van der Waals surface area (Å²) in [4.78, 5) is 0. The van der Waals surface area contributed by atoms with Crippen LogP contribution >= 0.6 is 0 Å². The maximum atomic E-state index is 2.52. The van der Waals surface area contributed by atoms with Crippen LogP contribution in [0.5, 0.6) is 0 Å². The molecule has 52 heavy (non-hydrogen) atoms. The minimum atomic E-state index is 0.358. The zero-order valence-corrected chi connectivity index (χ0v) is 29.2. The number of fused-ring (bicyclic) bond motifs is 10. The third-order valence-electron chi connectivity index (χ3n) is 11.5. The molecule has 1 aliphatic rings. The predicted molar refractivity (Wildman–Crippen MR) is 220 cm³/mol. The monoisotopic (exact) mass is 664 g/mol. The molecular formula is C50H36N2. The summed E-state index contributed by atoms with van der Waals surface area (Å²) in [7, 11) is 0. The molecule has 2 nitrogen and oxygen atoms in total. The van der Waals surface area contributed by atoms with E-state index in [0.29, 0.717) is 11.8 Å². The molecule has 0 bridgehead atoms. The summed E-state index contributed by atoms with van der Waals surface area (Å²) >= 11 is 0. The molecule has 2 aromatic heterocycles. The standard InChI is InChI=1S/C50H36N2/c1-31(2)49-39-19-12-22-48(50(39)43-30-33-14-7-6-13-32(33)29-42(43)49)52-45-21-11-9-18-38(45)41-28-35(24-26-47(41)52)34-23-25-46-40(27-34)37-17-8-10-20-44(37)51(46)36-15-4-3-5-16-36/h3-31,49H,1-2H3. The Morgan fingerprint density at radius 2 is 0.981 bits per heavy atom. The molecule has 0 saturated carbocycles. The van der Waals surface area contributed by atoms with Gasteiger partial charge in [0.2, 0.25) is 0 Å². The van der Waals surface area contributed by atoms with Crippen molar-refractivity contribution in [3.8, 4) is 33.6 Å². The predicted octanol–water partition coefficient (Wildman–Crippen LogP) is 13.5.